The molecule has 0 radical (unpaired) electrons. The van der Waals surface area contributed by atoms with Crippen molar-refractivity contribution in [3.05, 3.63) is 18.1 Å². The van der Waals surface area contributed by atoms with E-state index in [4.69, 9.17) is 5.73 Å². The Hall–Kier alpha value is -1.78. The maximum Gasteiger partial charge on any atom is 0.145 e. The summed E-state index contributed by atoms with van der Waals surface area (Å²) in [6, 6.07) is 1.81. The van der Waals surface area contributed by atoms with Crippen LogP contribution in [0.25, 0.3) is 11.4 Å². The summed E-state index contributed by atoms with van der Waals surface area (Å²) < 4.78 is 2.22. The Morgan fingerprint density at radius 1 is 1.40 bits per heavy atom. The van der Waals surface area contributed by atoms with Crippen LogP contribution in [0.3, 0.4) is 0 Å². The molecular formula is C10H13N5. The lowest BCUT2D eigenvalue weighted by Gasteiger charge is -2.11. The second-order valence-electron chi connectivity index (χ2n) is 3.90. The maximum absolute atomic E-state index is 5.56. The van der Waals surface area contributed by atoms with Crippen molar-refractivity contribution in [3.63, 3.8) is 0 Å². The van der Waals surface area contributed by atoms with Crippen LogP contribution < -0.4 is 5.73 Å². The SMILES string of the molecule is Nc1cc(-c2cn3c(n2)CCCC3)[nH]n1. The largest absolute Gasteiger partial charge is 0.382 e. The number of hydrogen-bond acceptors (Lipinski definition) is 3. The number of rotatable bonds is 1. The molecule has 3 rings (SSSR count). The summed E-state index contributed by atoms with van der Waals surface area (Å²) >= 11 is 0. The van der Waals surface area contributed by atoms with E-state index < -0.39 is 0 Å². The van der Waals surface area contributed by atoms with E-state index >= 15 is 0 Å². The van der Waals surface area contributed by atoms with E-state index in [9.17, 15) is 0 Å². The first-order valence-corrected chi connectivity index (χ1v) is 5.20. The number of aromatic nitrogens is 4. The van der Waals surface area contributed by atoms with Gasteiger partial charge in [0.05, 0.1) is 5.69 Å². The van der Waals surface area contributed by atoms with Crippen molar-refractivity contribution >= 4 is 5.82 Å². The van der Waals surface area contributed by atoms with Gasteiger partial charge in [-0.05, 0) is 12.8 Å². The first-order chi connectivity index (χ1) is 7.33. The van der Waals surface area contributed by atoms with Gasteiger partial charge in [0, 0.05) is 25.2 Å². The highest BCUT2D eigenvalue weighted by atomic mass is 15.2. The summed E-state index contributed by atoms with van der Waals surface area (Å²) in [5, 5.41) is 6.78. The van der Waals surface area contributed by atoms with Crippen molar-refractivity contribution in [3.8, 4) is 11.4 Å². The van der Waals surface area contributed by atoms with E-state index in [-0.39, 0.29) is 0 Å². The maximum atomic E-state index is 5.56. The van der Waals surface area contributed by atoms with Gasteiger partial charge in [-0.25, -0.2) is 4.98 Å². The highest BCUT2D eigenvalue weighted by Gasteiger charge is 2.13. The summed E-state index contributed by atoms with van der Waals surface area (Å²) in [7, 11) is 0. The summed E-state index contributed by atoms with van der Waals surface area (Å²) in [5.41, 5.74) is 7.40. The van der Waals surface area contributed by atoms with Gasteiger partial charge in [-0.15, -0.1) is 0 Å². The van der Waals surface area contributed by atoms with Crippen LogP contribution in [0.4, 0.5) is 5.82 Å². The van der Waals surface area contributed by atoms with E-state index in [0.29, 0.717) is 5.82 Å². The number of hydrogen-bond donors (Lipinski definition) is 2. The fourth-order valence-electron chi connectivity index (χ4n) is 2.01. The normalized spacial score (nSPS) is 15.2. The molecule has 2 aromatic rings. The molecule has 3 heterocycles. The van der Waals surface area contributed by atoms with Crippen LogP contribution in [-0.2, 0) is 13.0 Å². The molecule has 78 valence electrons. The predicted octanol–water partition coefficient (Wildman–Crippen LogP) is 1.19. The van der Waals surface area contributed by atoms with Gasteiger partial charge in [0.1, 0.15) is 17.3 Å². The number of nitrogens with two attached hydrogens (primary N) is 1. The molecule has 0 unspecified atom stereocenters. The van der Waals surface area contributed by atoms with Crippen molar-refractivity contribution in [1.82, 2.24) is 19.7 Å². The highest BCUT2D eigenvalue weighted by molar-refractivity contribution is 5.57. The van der Waals surface area contributed by atoms with Crippen LogP contribution in [0.2, 0.25) is 0 Å². The summed E-state index contributed by atoms with van der Waals surface area (Å²) in [4.78, 5) is 4.57. The summed E-state index contributed by atoms with van der Waals surface area (Å²) in [6.07, 6.45) is 5.63. The number of aromatic amines is 1. The van der Waals surface area contributed by atoms with Crippen molar-refractivity contribution in [1.29, 1.82) is 0 Å². The molecule has 3 N–H and O–H groups in total. The Bertz CT molecular complexity index is 458. The topological polar surface area (TPSA) is 72.5 Å². The molecule has 5 nitrogen and oxygen atoms in total. The Morgan fingerprint density at radius 2 is 2.33 bits per heavy atom. The molecular weight excluding hydrogens is 190 g/mol. The molecule has 15 heavy (non-hydrogen) atoms. The molecule has 1 aliphatic heterocycles. The van der Waals surface area contributed by atoms with Crippen LogP contribution in [0, 0.1) is 0 Å². The molecule has 0 aromatic carbocycles. The standard InChI is InChI=1S/C10H13N5/c11-9-5-7(13-14-9)8-6-15-4-2-1-3-10(15)12-8/h5-6H,1-4H2,(H3,11,13,14). The molecule has 0 fully saturated rings. The lowest BCUT2D eigenvalue weighted by Crippen LogP contribution is -2.08. The van der Waals surface area contributed by atoms with Crippen molar-refractivity contribution < 1.29 is 0 Å². The molecule has 0 bridgehead atoms. The van der Waals surface area contributed by atoms with Gasteiger partial charge in [-0.1, -0.05) is 0 Å². The fraction of sp³-hybridized carbons (Fsp3) is 0.400. The van der Waals surface area contributed by atoms with E-state index in [1.165, 1.54) is 18.7 Å². The first-order valence-electron chi connectivity index (χ1n) is 5.20. The zero-order chi connectivity index (χ0) is 10.3. The number of nitrogens with zero attached hydrogens (tertiary/aromatic N) is 3. The Balaban J connectivity index is 2.02. The number of nitrogens with one attached hydrogen (secondary N) is 1. The molecule has 0 spiro atoms. The number of fused-ring (bicyclic) bond motifs is 1. The fourth-order valence-corrected chi connectivity index (χ4v) is 2.01. The smallest absolute Gasteiger partial charge is 0.145 e. The van der Waals surface area contributed by atoms with Crippen molar-refractivity contribution in [2.45, 2.75) is 25.8 Å². The number of imidazole rings is 1. The van der Waals surface area contributed by atoms with Gasteiger partial charge in [0.2, 0.25) is 0 Å². The average Bonchev–Trinajstić information content (AvgIpc) is 2.82. The van der Waals surface area contributed by atoms with Crippen LogP contribution >= 0.6 is 0 Å². The van der Waals surface area contributed by atoms with Gasteiger partial charge in [-0.3, -0.25) is 5.10 Å². The number of aryl methyl sites for hydroxylation is 2. The lowest BCUT2D eigenvalue weighted by atomic mass is 10.2. The zero-order valence-electron chi connectivity index (χ0n) is 8.40. The second kappa shape index (κ2) is 3.12. The Kier molecular flexibility index (Phi) is 1.77. The first kappa shape index (κ1) is 8.52. The summed E-state index contributed by atoms with van der Waals surface area (Å²) in [6.45, 7) is 1.08. The molecule has 0 aliphatic carbocycles. The van der Waals surface area contributed by atoms with Crippen molar-refractivity contribution in [2.75, 3.05) is 5.73 Å². The van der Waals surface area contributed by atoms with Crippen molar-refractivity contribution in [2.24, 2.45) is 0 Å². The number of anilines is 1. The van der Waals surface area contributed by atoms with E-state index in [2.05, 4.69) is 25.9 Å². The quantitative estimate of drug-likeness (QED) is 0.731. The minimum Gasteiger partial charge on any atom is -0.382 e. The monoisotopic (exact) mass is 203 g/mol. The molecule has 2 aromatic heterocycles. The van der Waals surface area contributed by atoms with Gasteiger partial charge in [0.25, 0.3) is 0 Å². The van der Waals surface area contributed by atoms with Gasteiger partial charge < -0.3 is 10.3 Å². The molecule has 0 atom stereocenters. The Labute approximate surface area is 87.3 Å². The minimum absolute atomic E-state index is 0.510. The van der Waals surface area contributed by atoms with Gasteiger partial charge in [0.15, 0.2) is 0 Å². The Morgan fingerprint density at radius 3 is 3.07 bits per heavy atom. The minimum atomic E-state index is 0.510. The molecule has 0 saturated heterocycles. The predicted molar refractivity (Wildman–Crippen MR) is 57.2 cm³/mol. The van der Waals surface area contributed by atoms with Crippen LogP contribution in [0.1, 0.15) is 18.7 Å². The third-order valence-corrected chi connectivity index (χ3v) is 2.78. The van der Waals surface area contributed by atoms with Crippen LogP contribution in [-0.4, -0.2) is 19.7 Å². The van der Waals surface area contributed by atoms with E-state index in [1.54, 1.807) is 0 Å². The molecule has 0 amide bonds. The van der Waals surface area contributed by atoms with Gasteiger partial charge in [-0.2, -0.15) is 5.10 Å². The second-order valence-corrected chi connectivity index (χ2v) is 3.90. The molecule has 1 aliphatic rings. The third-order valence-electron chi connectivity index (χ3n) is 2.78. The van der Waals surface area contributed by atoms with E-state index in [0.717, 1.165) is 24.4 Å². The average molecular weight is 203 g/mol. The zero-order valence-corrected chi connectivity index (χ0v) is 8.40. The molecule has 5 heteroatoms. The lowest BCUT2D eigenvalue weighted by molar-refractivity contribution is 0.522. The van der Waals surface area contributed by atoms with Crippen LogP contribution in [0.15, 0.2) is 12.3 Å². The molecule has 0 saturated carbocycles. The van der Waals surface area contributed by atoms with E-state index in [1.807, 2.05) is 6.07 Å². The summed E-state index contributed by atoms with van der Waals surface area (Å²) in [5.74, 6) is 1.68. The third kappa shape index (κ3) is 1.40. The number of H-pyrrole nitrogens is 1. The van der Waals surface area contributed by atoms with Gasteiger partial charge >= 0.3 is 0 Å². The number of nitrogen functional groups attached to an aromatic ring is 1. The highest BCUT2D eigenvalue weighted by Crippen LogP contribution is 2.21. The van der Waals surface area contributed by atoms with Crippen LogP contribution in [0.5, 0.6) is 0 Å².